The first kappa shape index (κ1) is 31.5. The first-order valence-corrected chi connectivity index (χ1v) is 15.5. The van der Waals surface area contributed by atoms with Crippen LogP contribution in [0.4, 0.5) is 4.79 Å². The molecule has 0 saturated carbocycles. The Balaban J connectivity index is 2.62. The molecule has 2 N–H and O–H groups in total. The molecular weight excluding hydrogens is 522 g/mol. The summed E-state index contributed by atoms with van der Waals surface area (Å²) in [6.45, 7) is 11.7. The van der Waals surface area contributed by atoms with E-state index >= 15 is 0 Å². The van der Waals surface area contributed by atoms with E-state index in [-0.39, 0.29) is 32.8 Å². The molecule has 0 aliphatic carbocycles. The molecule has 0 aliphatic heterocycles. The van der Waals surface area contributed by atoms with Crippen molar-refractivity contribution in [3.05, 3.63) is 36.0 Å². The topological polar surface area (TPSA) is 134 Å². The van der Waals surface area contributed by atoms with Crippen LogP contribution >= 0.6 is 15.4 Å². The lowest BCUT2D eigenvalue weighted by Crippen LogP contribution is -2.47. The van der Waals surface area contributed by atoms with Crippen molar-refractivity contribution in [3.63, 3.8) is 0 Å². The molecule has 1 aromatic carbocycles. The Labute approximate surface area is 219 Å². The molecule has 0 saturated heterocycles. The summed E-state index contributed by atoms with van der Waals surface area (Å²) in [7, 11) is -8.38. The standard InChI is InChI=1S/C24H40N2O9P2/c1-8-30-36(28,31-9-2)22(35-37(29,32-10-3)33-11-4)21(26-23(27)34-24(5,6)7)16-18-17-25-20-15-13-12-14-19(18)20/h12-15,17,21-22,25H,8-11,16H2,1-7H3,(H,26,27)/t21-,22?/m0/s1. The van der Waals surface area contributed by atoms with Gasteiger partial charge in [0.2, 0.25) is 0 Å². The third-order valence-corrected chi connectivity index (χ3v) is 9.03. The highest BCUT2D eigenvalue weighted by molar-refractivity contribution is 7.56. The van der Waals surface area contributed by atoms with Crippen molar-refractivity contribution >= 4 is 32.4 Å². The van der Waals surface area contributed by atoms with Crippen molar-refractivity contribution in [2.45, 2.75) is 72.4 Å². The van der Waals surface area contributed by atoms with E-state index in [4.69, 9.17) is 27.4 Å². The molecule has 0 aliphatic rings. The first-order chi connectivity index (χ1) is 17.4. The van der Waals surface area contributed by atoms with Gasteiger partial charge in [-0.25, -0.2) is 9.36 Å². The fourth-order valence-electron chi connectivity index (χ4n) is 3.66. The Morgan fingerprint density at radius 3 is 2.05 bits per heavy atom. The number of rotatable bonds is 15. The fourth-order valence-corrected chi connectivity index (χ4v) is 7.42. The highest BCUT2D eigenvalue weighted by atomic mass is 31.2. The zero-order chi connectivity index (χ0) is 27.7. The molecule has 0 radical (unpaired) electrons. The number of carbonyl (C=O) groups is 1. The zero-order valence-electron chi connectivity index (χ0n) is 22.6. The Bertz CT molecular complexity index is 1080. The van der Waals surface area contributed by atoms with E-state index in [2.05, 4.69) is 10.3 Å². The highest BCUT2D eigenvalue weighted by Gasteiger charge is 2.48. The first-order valence-electron chi connectivity index (χ1n) is 12.4. The van der Waals surface area contributed by atoms with Crippen molar-refractivity contribution in [2.75, 3.05) is 26.4 Å². The van der Waals surface area contributed by atoms with Crippen LogP contribution in [0.25, 0.3) is 10.9 Å². The lowest BCUT2D eigenvalue weighted by atomic mass is 10.1. The van der Waals surface area contributed by atoms with Crippen LogP contribution in [0.1, 0.15) is 54.0 Å². The number of para-hydroxylation sites is 1. The molecular formula is C24H40N2O9P2. The molecule has 13 heteroatoms. The van der Waals surface area contributed by atoms with Gasteiger partial charge < -0.3 is 24.1 Å². The van der Waals surface area contributed by atoms with Crippen LogP contribution in [-0.2, 0) is 42.9 Å². The van der Waals surface area contributed by atoms with Gasteiger partial charge in [-0.15, -0.1) is 0 Å². The monoisotopic (exact) mass is 562 g/mol. The van der Waals surface area contributed by atoms with E-state index in [0.717, 1.165) is 16.5 Å². The smallest absolute Gasteiger partial charge is 0.444 e. The normalized spacial score (nSPS) is 14.5. The summed E-state index contributed by atoms with van der Waals surface area (Å²) in [5, 5.41) is 3.63. The summed E-state index contributed by atoms with van der Waals surface area (Å²) in [5.74, 6) is -1.56. The summed E-state index contributed by atoms with van der Waals surface area (Å²) in [4.78, 5) is 16.1. The van der Waals surface area contributed by atoms with Gasteiger partial charge >= 0.3 is 21.5 Å². The number of ether oxygens (including phenoxy) is 1. The number of benzene rings is 1. The summed E-state index contributed by atoms with van der Waals surface area (Å²) in [5.41, 5.74) is 0.854. The lowest BCUT2D eigenvalue weighted by molar-refractivity contribution is 0.0407. The molecule has 37 heavy (non-hydrogen) atoms. The summed E-state index contributed by atoms with van der Waals surface area (Å²) < 4.78 is 60.7. The maximum absolute atomic E-state index is 14.1. The molecule has 1 unspecified atom stereocenters. The third kappa shape index (κ3) is 9.21. The van der Waals surface area contributed by atoms with Crippen LogP contribution in [0.2, 0.25) is 0 Å². The average Bonchev–Trinajstić information content (AvgIpc) is 3.19. The van der Waals surface area contributed by atoms with E-state index < -0.39 is 39.0 Å². The minimum atomic E-state index is -4.23. The molecule has 0 spiro atoms. The largest absolute Gasteiger partial charge is 0.475 e. The Hall–Kier alpha value is -1.71. The third-order valence-electron chi connectivity index (χ3n) is 4.90. The van der Waals surface area contributed by atoms with Crippen LogP contribution < -0.4 is 5.32 Å². The molecule has 210 valence electrons. The van der Waals surface area contributed by atoms with E-state index in [1.165, 1.54) is 0 Å². The van der Waals surface area contributed by atoms with E-state index in [1.807, 2.05) is 24.3 Å². The predicted octanol–water partition coefficient (Wildman–Crippen LogP) is 6.39. The quantitative estimate of drug-likeness (QED) is 0.237. The number of phosphoric acid groups is 1. The molecule has 1 aromatic heterocycles. The number of carbonyl (C=O) groups excluding carboxylic acids is 1. The van der Waals surface area contributed by atoms with Gasteiger partial charge in [0, 0.05) is 17.1 Å². The van der Waals surface area contributed by atoms with Gasteiger partial charge in [-0.1, -0.05) is 18.2 Å². The molecule has 1 heterocycles. The maximum atomic E-state index is 14.1. The number of aromatic amines is 1. The zero-order valence-corrected chi connectivity index (χ0v) is 24.4. The number of hydrogen-bond acceptors (Lipinski definition) is 9. The maximum Gasteiger partial charge on any atom is 0.475 e. The SMILES string of the molecule is CCOP(=O)(OCC)OC([C@H](Cc1c[nH]c2ccccc12)NC(=O)OC(C)(C)C)P(=O)(OCC)OCC. The van der Waals surface area contributed by atoms with Gasteiger partial charge in [0.1, 0.15) is 5.60 Å². The van der Waals surface area contributed by atoms with Crippen LogP contribution in [0, 0.1) is 0 Å². The van der Waals surface area contributed by atoms with Gasteiger partial charge in [0.05, 0.1) is 32.5 Å². The van der Waals surface area contributed by atoms with Gasteiger partial charge in [0.15, 0.2) is 5.85 Å². The summed E-state index contributed by atoms with van der Waals surface area (Å²) in [6, 6.07) is 6.52. The molecule has 0 fully saturated rings. The van der Waals surface area contributed by atoms with Crippen LogP contribution in [-0.4, -0.2) is 55.0 Å². The van der Waals surface area contributed by atoms with E-state index in [9.17, 15) is 13.9 Å². The van der Waals surface area contributed by atoms with Crippen molar-refractivity contribution in [1.29, 1.82) is 0 Å². The Morgan fingerprint density at radius 1 is 0.946 bits per heavy atom. The molecule has 11 nitrogen and oxygen atoms in total. The van der Waals surface area contributed by atoms with Crippen LogP contribution in [0.3, 0.4) is 0 Å². The second-order valence-corrected chi connectivity index (χ2v) is 12.7. The number of amides is 1. The average molecular weight is 563 g/mol. The van der Waals surface area contributed by atoms with E-state index in [1.54, 1.807) is 54.7 Å². The number of aromatic nitrogens is 1. The Morgan fingerprint density at radius 2 is 1.51 bits per heavy atom. The fraction of sp³-hybridized carbons (Fsp3) is 0.625. The van der Waals surface area contributed by atoms with E-state index in [0.29, 0.717) is 0 Å². The van der Waals surface area contributed by atoms with Crippen molar-refractivity contribution in [2.24, 2.45) is 0 Å². The van der Waals surface area contributed by atoms with Crippen LogP contribution in [0.15, 0.2) is 30.5 Å². The predicted molar refractivity (Wildman–Crippen MR) is 142 cm³/mol. The van der Waals surface area contributed by atoms with Crippen molar-refractivity contribution in [1.82, 2.24) is 10.3 Å². The molecule has 2 atom stereocenters. The van der Waals surface area contributed by atoms with Crippen molar-refractivity contribution < 1.29 is 41.3 Å². The Kier molecular flexibility index (Phi) is 11.8. The highest BCUT2D eigenvalue weighted by Crippen LogP contribution is 2.62. The minimum absolute atomic E-state index is 0.00415. The molecule has 2 rings (SSSR count). The molecule has 1 amide bonds. The molecule has 2 aromatic rings. The second-order valence-electron chi connectivity index (χ2n) is 8.97. The number of hydrogen-bond donors (Lipinski definition) is 2. The van der Waals surface area contributed by atoms with Gasteiger partial charge in [-0.2, -0.15) is 0 Å². The number of phosphoric ester groups is 1. The van der Waals surface area contributed by atoms with Gasteiger partial charge in [-0.05, 0) is 66.5 Å². The van der Waals surface area contributed by atoms with Crippen molar-refractivity contribution in [3.8, 4) is 0 Å². The molecule has 0 bridgehead atoms. The summed E-state index contributed by atoms with van der Waals surface area (Å²) in [6.07, 6.45) is 1.10. The summed E-state index contributed by atoms with van der Waals surface area (Å²) >= 11 is 0. The number of fused-ring (bicyclic) bond motifs is 1. The number of H-pyrrole nitrogens is 1. The number of nitrogens with one attached hydrogen (secondary N) is 2. The number of alkyl carbamates (subject to hydrolysis) is 1. The van der Waals surface area contributed by atoms with Gasteiger partial charge in [-0.3, -0.25) is 18.1 Å². The van der Waals surface area contributed by atoms with Crippen LogP contribution in [0.5, 0.6) is 0 Å². The minimum Gasteiger partial charge on any atom is -0.444 e. The second kappa shape index (κ2) is 13.9. The van der Waals surface area contributed by atoms with Gasteiger partial charge in [0.25, 0.3) is 0 Å². The lowest BCUT2D eigenvalue weighted by Gasteiger charge is -2.34.